The molecule has 0 saturated heterocycles. The summed E-state index contributed by atoms with van der Waals surface area (Å²) in [6.07, 6.45) is 0. The molecule has 0 aromatic heterocycles. The Balaban J connectivity index is 2.01. The lowest BCUT2D eigenvalue weighted by Gasteiger charge is -2.09. The van der Waals surface area contributed by atoms with Gasteiger partial charge in [-0.25, -0.2) is 4.79 Å². The number of halogens is 2. The number of hydrogen-bond acceptors (Lipinski definition) is 5. The molecule has 0 saturated carbocycles. The zero-order chi connectivity index (χ0) is 18.6. The number of carbonyl (C=O) groups excluding carboxylic acids is 2. The lowest BCUT2D eigenvalue weighted by Crippen LogP contribution is -2.21. The van der Waals surface area contributed by atoms with E-state index in [1.807, 2.05) is 0 Å². The standard InChI is InChI=1S/C16H12Cl2N2O5/c1-9-2-4-11(20(23)24)7-14(9)19-15(21)8-25-16(22)12-6-10(17)3-5-13(12)18/h2-7H,8H2,1H3,(H,19,21). The summed E-state index contributed by atoms with van der Waals surface area (Å²) in [5, 5.41) is 13.7. The maximum absolute atomic E-state index is 12.0. The van der Waals surface area contributed by atoms with Gasteiger partial charge < -0.3 is 10.1 Å². The minimum atomic E-state index is -0.807. The van der Waals surface area contributed by atoms with E-state index in [0.29, 0.717) is 10.6 Å². The molecule has 25 heavy (non-hydrogen) atoms. The number of hydrogen-bond donors (Lipinski definition) is 1. The topological polar surface area (TPSA) is 98.5 Å². The van der Waals surface area contributed by atoms with E-state index < -0.39 is 23.4 Å². The van der Waals surface area contributed by atoms with Crippen molar-refractivity contribution in [1.82, 2.24) is 0 Å². The fourth-order valence-corrected chi connectivity index (χ4v) is 2.27. The van der Waals surface area contributed by atoms with Crippen LogP contribution < -0.4 is 5.32 Å². The lowest BCUT2D eigenvalue weighted by molar-refractivity contribution is -0.384. The second kappa shape index (κ2) is 7.96. The number of carbonyl (C=O) groups is 2. The zero-order valence-electron chi connectivity index (χ0n) is 12.9. The highest BCUT2D eigenvalue weighted by molar-refractivity contribution is 6.35. The monoisotopic (exact) mass is 382 g/mol. The number of ether oxygens (including phenoxy) is 1. The number of rotatable bonds is 5. The number of non-ortho nitro benzene ring substituents is 1. The molecule has 7 nitrogen and oxygen atoms in total. The summed E-state index contributed by atoms with van der Waals surface area (Å²) in [5.41, 5.74) is 0.760. The van der Waals surface area contributed by atoms with Crippen molar-refractivity contribution in [2.24, 2.45) is 0 Å². The first kappa shape index (κ1) is 18.7. The lowest BCUT2D eigenvalue weighted by atomic mass is 10.2. The third-order valence-electron chi connectivity index (χ3n) is 3.19. The number of aryl methyl sites for hydroxylation is 1. The highest BCUT2D eigenvalue weighted by atomic mass is 35.5. The Kier molecular flexibility index (Phi) is 5.95. The Morgan fingerprint density at radius 3 is 2.60 bits per heavy atom. The molecule has 2 aromatic carbocycles. The van der Waals surface area contributed by atoms with Crippen LogP contribution in [0.3, 0.4) is 0 Å². The van der Waals surface area contributed by atoms with Crippen LogP contribution in [0.5, 0.6) is 0 Å². The number of nitrogens with one attached hydrogen (secondary N) is 1. The summed E-state index contributed by atoms with van der Waals surface area (Å²) < 4.78 is 4.89. The van der Waals surface area contributed by atoms with Gasteiger partial charge in [-0.1, -0.05) is 29.3 Å². The highest BCUT2D eigenvalue weighted by Gasteiger charge is 2.16. The molecule has 0 fully saturated rings. The molecule has 9 heteroatoms. The van der Waals surface area contributed by atoms with Crippen molar-refractivity contribution in [3.8, 4) is 0 Å². The Labute approximate surface area is 152 Å². The van der Waals surface area contributed by atoms with Crippen LogP contribution in [0.4, 0.5) is 11.4 Å². The van der Waals surface area contributed by atoms with Gasteiger partial charge in [0.15, 0.2) is 6.61 Å². The van der Waals surface area contributed by atoms with Gasteiger partial charge in [0.05, 0.1) is 21.2 Å². The molecule has 0 aliphatic carbocycles. The van der Waals surface area contributed by atoms with Crippen LogP contribution in [0.25, 0.3) is 0 Å². The van der Waals surface area contributed by atoms with Crippen LogP contribution in [-0.4, -0.2) is 23.4 Å². The van der Waals surface area contributed by atoms with Gasteiger partial charge in [-0.15, -0.1) is 0 Å². The summed E-state index contributed by atoms with van der Waals surface area (Å²) >= 11 is 11.7. The summed E-state index contributed by atoms with van der Waals surface area (Å²) in [5.74, 6) is -1.45. The molecule has 0 atom stereocenters. The average molecular weight is 383 g/mol. The third kappa shape index (κ3) is 4.91. The Bertz CT molecular complexity index is 854. The molecule has 2 rings (SSSR count). The number of esters is 1. The second-order valence-electron chi connectivity index (χ2n) is 5.00. The maximum Gasteiger partial charge on any atom is 0.340 e. The summed E-state index contributed by atoms with van der Waals surface area (Å²) in [4.78, 5) is 34.1. The normalized spacial score (nSPS) is 10.2. The molecule has 0 bridgehead atoms. The molecule has 130 valence electrons. The van der Waals surface area contributed by atoms with E-state index in [9.17, 15) is 19.7 Å². The molecule has 0 heterocycles. The van der Waals surface area contributed by atoms with E-state index in [0.717, 1.165) is 0 Å². The quantitative estimate of drug-likeness (QED) is 0.478. The Hall–Kier alpha value is -2.64. The minimum Gasteiger partial charge on any atom is -0.452 e. The summed E-state index contributed by atoms with van der Waals surface area (Å²) in [6.45, 7) is 1.10. The molecule has 0 spiro atoms. The van der Waals surface area contributed by atoms with Crippen LogP contribution in [0.2, 0.25) is 10.0 Å². The van der Waals surface area contributed by atoms with E-state index in [1.54, 1.807) is 6.92 Å². The van der Waals surface area contributed by atoms with Gasteiger partial charge in [-0.3, -0.25) is 14.9 Å². The fourth-order valence-electron chi connectivity index (χ4n) is 1.91. The molecule has 1 N–H and O–H groups in total. The molecular weight excluding hydrogens is 371 g/mol. The summed E-state index contributed by atoms with van der Waals surface area (Å²) in [6, 6.07) is 8.33. The van der Waals surface area contributed by atoms with Crippen molar-refractivity contribution in [3.05, 3.63) is 67.7 Å². The van der Waals surface area contributed by atoms with Crippen LogP contribution in [0, 0.1) is 17.0 Å². The van der Waals surface area contributed by atoms with Crippen LogP contribution in [-0.2, 0) is 9.53 Å². The number of benzene rings is 2. The van der Waals surface area contributed by atoms with Gasteiger partial charge >= 0.3 is 5.97 Å². The smallest absolute Gasteiger partial charge is 0.340 e. The molecule has 1 amide bonds. The van der Waals surface area contributed by atoms with Crippen molar-refractivity contribution in [3.63, 3.8) is 0 Å². The summed E-state index contributed by atoms with van der Waals surface area (Å²) in [7, 11) is 0. The number of nitrogens with zero attached hydrogens (tertiary/aromatic N) is 1. The van der Waals surface area contributed by atoms with E-state index in [-0.39, 0.29) is 22.0 Å². The van der Waals surface area contributed by atoms with Gasteiger partial charge in [0, 0.05) is 17.2 Å². The highest BCUT2D eigenvalue weighted by Crippen LogP contribution is 2.23. The van der Waals surface area contributed by atoms with E-state index in [2.05, 4.69) is 5.32 Å². The van der Waals surface area contributed by atoms with E-state index >= 15 is 0 Å². The Morgan fingerprint density at radius 2 is 1.92 bits per heavy atom. The van der Waals surface area contributed by atoms with Crippen LogP contribution in [0.15, 0.2) is 36.4 Å². The zero-order valence-corrected chi connectivity index (χ0v) is 14.4. The largest absolute Gasteiger partial charge is 0.452 e. The SMILES string of the molecule is Cc1ccc([N+](=O)[O-])cc1NC(=O)COC(=O)c1cc(Cl)ccc1Cl. The molecule has 0 unspecified atom stereocenters. The first-order valence-corrected chi connectivity index (χ1v) is 7.70. The van der Waals surface area contributed by atoms with E-state index in [4.69, 9.17) is 27.9 Å². The van der Waals surface area contributed by atoms with Gasteiger partial charge in [-0.05, 0) is 30.7 Å². The number of nitro groups is 1. The van der Waals surface area contributed by atoms with Crippen LogP contribution >= 0.6 is 23.2 Å². The molecule has 0 radical (unpaired) electrons. The Morgan fingerprint density at radius 1 is 1.20 bits per heavy atom. The predicted octanol–water partition coefficient (Wildman–Crippen LogP) is 4.01. The van der Waals surface area contributed by atoms with Gasteiger partial charge in [0.1, 0.15) is 0 Å². The predicted molar refractivity (Wildman–Crippen MR) is 93.2 cm³/mol. The molecule has 2 aromatic rings. The number of anilines is 1. The molecular formula is C16H12Cl2N2O5. The molecule has 0 aliphatic rings. The first-order chi connectivity index (χ1) is 11.8. The van der Waals surface area contributed by atoms with Crippen LogP contribution in [0.1, 0.15) is 15.9 Å². The van der Waals surface area contributed by atoms with Crippen molar-refractivity contribution >= 4 is 46.5 Å². The van der Waals surface area contributed by atoms with Crippen molar-refractivity contribution in [2.45, 2.75) is 6.92 Å². The van der Waals surface area contributed by atoms with Gasteiger partial charge in [0.25, 0.3) is 11.6 Å². The van der Waals surface area contributed by atoms with Crippen molar-refractivity contribution in [1.29, 1.82) is 0 Å². The van der Waals surface area contributed by atoms with Gasteiger partial charge in [-0.2, -0.15) is 0 Å². The minimum absolute atomic E-state index is 0.0356. The molecule has 0 aliphatic heterocycles. The number of nitro benzene ring substituents is 1. The second-order valence-corrected chi connectivity index (χ2v) is 5.85. The van der Waals surface area contributed by atoms with Crippen molar-refractivity contribution < 1.29 is 19.2 Å². The fraction of sp³-hybridized carbons (Fsp3) is 0.125. The van der Waals surface area contributed by atoms with E-state index in [1.165, 1.54) is 36.4 Å². The average Bonchev–Trinajstić information content (AvgIpc) is 2.56. The van der Waals surface area contributed by atoms with Gasteiger partial charge in [0.2, 0.25) is 0 Å². The number of amides is 1. The van der Waals surface area contributed by atoms with Crippen molar-refractivity contribution in [2.75, 3.05) is 11.9 Å². The third-order valence-corrected chi connectivity index (χ3v) is 3.75. The maximum atomic E-state index is 12.0. The first-order valence-electron chi connectivity index (χ1n) is 6.95.